The van der Waals surface area contributed by atoms with Crippen LogP contribution < -0.4 is 10.1 Å². The molecular formula is C20H24N2O5S. The number of benzene rings is 2. The van der Waals surface area contributed by atoms with Crippen LogP contribution in [0.3, 0.4) is 0 Å². The first-order valence-electron chi connectivity index (χ1n) is 9.12. The Morgan fingerprint density at radius 3 is 2.39 bits per heavy atom. The zero-order chi connectivity index (χ0) is 20.0. The summed E-state index contributed by atoms with van der Waals surface area (Å²) in [5, 5.41) is 2.87. The van der Waals surface area contributed by atoms with E-state index in [0.29, 0.717) is 32.1 Å². The van der Waals surface area contributed by atoms with E-state index in [1.54, 1.807) is 12.1 Å². The predicted molar refractivity (Wildman–Crippen MR) is 105 cm³/mol. The number of carbonyl (C=O) groups is 1. The highest BCUT2D eigenvalue weighted by atomic mass is 32.2. The van der Waals surface area contributed by atoms with Gasteiger partial charge in [0, 0.05) is 13.1 Å². The van der Waals surface area contributed by atoms with E-state index in [4.69, 9.17) is 9.47 Å². The summed E-state index contributed by atoms with van der Waals surface area (Å²) in [5.41, 5.74) is 1.01. The Morgan fingerprint density at radius 2 is 1.75 bits per heavy atom. The quantitative estimate of drug-likeness (QED) is 0.763. The SMILES string of the molecule is C[C@@H](NC(=O)COc1ccc(S(=O)(=O)N2CCOCC2)cc1)c1ccccc1. The Labute approximate surface area is 165 Å². The van der Waals surface area contributed by atoms with Gasteiger partial charge in [-0.05, 0) is 36.8 Å². The Hall–Kier alpha value is -2.42. The highest BCUT2D eigenvalue weighted by Gasteiger charge is 2.26. The lowest BCUT2D eigenvalue weighted by molar-refractivity contribution is -0.123. The van der Waals surface area contributed by atoms with Gasteiger partial charge in [-0.3, -0.25) is 4.79 Å². The molecule has 1 fully saturated rings. The topological polar surface area (TPSA) is 84.9 Å². The molecule has 0 saturated carbocycles. The van der Waals surface area contributed by atoms with Crippen molar-refractivity contribution in [2.45, 2.75) is 17.9 Å². The van der Waals surface area contributed by atoms with Crippen LogP contribution in [0.2, 0.25) is 0 Å². The van der Waals surface area contributed by atoms with Crippen LogP contribution >= 0.6 is 0 Å². The smallest absolute Gasteiger partial charge is 0.258 e. The van der Waals surface area contributed by atoms with Gasteiger partial charge in [-0.25, -0.2) is 8.42 Å². The minimum absolute atomic E-state index is 0.127. The molecule has 0 spiro atoms. The summed E-state index contributed by atoms with van der Waals surface area (Å²) in [6.45, 7) is 3.25. The summed E-state index contributed by atoms with van der Waals surface area (Å²) in [4.78, 5) is 12.3. The first kappa shape index (κ1) is 20.3. The monoisotopic (exact) mass is 404 g/mol. The molecule has 2 aromatic rings. The van der Waals surface area contributed by atoms with Gasteiger partial charge in [-0.15, -0.1) is 0 Å². The van der Waals surface area contributed by atoms with E-state index in [2.05, 4.69) is 5.32 Å². The lowest BCUT2D eigenvalue weighted by Crippen LogP contribution is -2.40. The van der Waals surface area contributed by atoms with Crippen molar-refractivity contribution in [2.24, 2.45) is 0 Å². The number of nitrogens with one attached hydrogen (secondary N) is 1. The third-order valence-corrected chi connectivity index (χ3v) is 6.39. The molecule has 7 nitrogen and oxygen atoms in total. The number of amides is 1. The molecule has 2 aromatic carbocycles. The van der Waals surface area contributed by atoms with Gasteiger partial charge in [0.1, 0.15) is 5.75 Å². The van der Waals surface area contributed by atoms with Crippen molar-refractivity contribution in [3.8, 4) is 5.75 Å². The third-order valence-electron chi connectivity index (χ3n) is 4.48. The van der Waals surface area contributed by atoms with E-state index in [1.165, 1.54) is 16.4 Å². The number of hydrogen-bond donors (Lipinski definition) is 1. The molecule has 1 amide bonds. The van der Waals surface area contributed by atoms with Crippen LogP contribution in [0, 0.1) is 0 Å². The molecule has 0 radical (unpaired) electrons. The summed E-state index contributed by atoms with van der Waals surface area (Å²) >= 11 is 0. The van der Waals surface area contributed by atoms with Crippen LogP contribution in [0.15, 0.2) is 59.5 Å². The third kappa shape index (κ3) is 5.09. The molecule has 1 aliphatic heterocycles. The molecule has 1 saturated heterocycles. The van der Waals surface area contributed by atoms with Crippen LogP contribution in [-0.2, 0) is 19.6 Å². The Kier molecular flexibility index (Phi) is 6.66. The fourth-order valence-corrected chi connectivity index (χ4v) is 4.31. The van der Waals surface area contributed by atoms with Gasteiger partial charge >= 0.3 is 0 Å². The summed E-state index contributed by atoms with van der Waals surface area (Å²) < 4.78 is 37.3. The van der Waals surface area contributed by atoms with Crippen molar-refractivity contribution < 1.29 is 22.7 Å². The van der Waals surface area contributed by atoms with Crippen molar-refractivity contribution >= 4 is 15.9 Å². The molecule has 1 atom stereocenters. The van der Waals surface area contributed by atoms with E-state index in [1.807, 2.05) is 37.3 Å². The lowest BCUT2D eigenvalue weighted by Gasteiger charge is -2.26. The van der Waals surface area contributed by atoms with Crippen molar-refractivity contribution in [1.82, 2.24) is 9.62 Å². The summed E-state index contributed by atoms with van der Waals surface area (Å²) in [6, 6.07) is 15.6. The molecule has 3 rings (SSSR count). The molecule has 8 heteroatoms. The minimum atomic E-state index is -3.54. The van der Waals surface area contributed by atoms with Crippen molar-refractivity contribution in [3.63, 3.8) is 0 Å². The molecular weight excluding hydrogens is 380 g/mol. The van der Waals surface area contributed by atoms with Crippen molar-refractivity contribution in [3.05, 3.63) is 60.2 Å². The average molecular weight is 404 g/mol. The molecule has 28 heavy (non-hydrogen) atoms. The highest BCUT2D eigenvalue weighted by Crippen LogP contribution is 2.20. The molecule has 0 aliphatic carbocycles. The first-order chi connectivity index (χ1) is 13.5. The van der Waals surface area contributed by atoms with Gasteiger partial charge < -0.3 is 14.8 Å². The maximum atomic E-state index is 12.6. The first-order valence-corrected chi connectivity index (χ1v) is 10.6. The summed E-state index contributed by atoms with van der Waals surface area (Å²) in [6.07, 6.45) is 0. The second-order valence-corrected chi connectivity index (χ2v) is 8.41. The molecule has 0 aromatic heterocycles. The molecule has 1 N–H and O–H groups in total. The molecule has 0 bridgehead atoms. The van der Waals surface area contributed by atoms with Crippen LogP contribution in [0.4, 0.5) is 0 Å². The maximum Gasteiger partial charge on any atom is 0.258 e. The van der Waals surface area contributed by atoms with E-state index in [-0.39, 0.29) is 23.5 Å². The number of nitrogens with zero attached hydrogens (tertiary/aromatic N) is 1. The highest BCUT2D eigenvalue weighted by molar-refractivity contribution is 7.89. The van der Waals surface area contributed by atoms with Crippen molar-refractivity contribution in [1.29, 1.82) is 0 Å². The molecule has 150 valence electrons. The normalized spacial score (nSPS) is 16.3. The standard InChI is InChI=1S/C20H24N2O5S/c1-16(17-5-3-2-4-6-17)21-20(23)15-27-18-7-9-19(10-8-18)28(24,25)22-11-13-26-14-12-22/h2-10,16H,11-15H2,1H3,(H,21,23)/t16-/m1/s1. The van der Waals surface area contributed by atoms with Gasteiger partial charge in [-0.2, -0.15) is 4.31 Å². The summed E-state index contributed by atoms with van der Waals surface area (Å²) in [5.74, 6) is 0.185. The fraction of sp³-hybridized carbons (Fsp3) is 0.350. The summed E-state index contributed by atoms with van der Waals surface area (Å²) in [7, 11) is -3.54. The second kappa shape index (κ2) is 9.18. The Bertz CT molecular complexity index is 879. The average Bonchev–Trinajstić information content (AvgIpc) is 2.74. The maximum absolute atomic E-state index is 12.6. The lowest BCUT2D eigenvalue weighted by atomic mass is 10.1. The number of ether oxygens (including phenoxy) is 2. The van der Waals surface area contributed by atoms with E-state index < -0.39 is 10.0 Å². The van der Waals surface area contributed by atoms with E-state index >= 15 is 0 Å². The van der Waals surface area contributed by atoms with Crippen molar-refractivity contribution in [2.75, 3.05) is 32.9 Å². The number of sulfonamides is 1. The minimum Gasteiger partial charge on any atom is -0.484 e. The Balaban J connectivity index is 1.53. The predicted octanol–water partition coefficient (Wildman–Crippen LogP) is 1.96. The van der Waals surface area contributed by atoms with Crippen LogP contribution in [-0.4, -0.2) is 51.5 Å². The van der Waals surface area contributed by atoms with Gasteiger partial charge in [-0.1, -0.05) is 30.3 Å². The van der Waals surface area contributed by atoms with Gasteiger partial charge in [0.2, 0.25) is 10.0 Å². The number of morpholine rings is 1. The number of carbonyl (C=O) groups excluding carboxylic acids is 1. The van der Waals surface area contributed by atoms with Crippen LogP contribution in [0.25, 0.3) is 0 Å². The van der Waals surface area contributed by atoms with E-state index in [0.717, 1.165) is 5.56 Å². The van der Waals surface area contributed by atoms with Crippen LogP contribution in [0.5, 0.6) is 5.75 Å². The fourth-order valence-electron chi connectivity index (χ4n) is 2.90. The van der Waals surface area contributed by atoms with Gasteiger partial charge in [0.05, 0.1) is 24.2 Å². The van der Waals surface area contributed by atoms with Gasteiger partial charge in [0.15, 0.2) is 6.61 Å². The second-order valence-electron chi connectivity index (χ2n) is 6.48. The molecule has 1 heterocycles. The van der Waals surface area contributed by atoms with Gasteiger partial charge in [0.25, 0.3) is 5.91 Å². The van der Waals surface area contributed by atoms with Crippen LogP contribution in [0.1, 0.15) is 18.5 Å². The number of rotatable bonds is 7. The molecule has 0 unspecified atom stereocenters. The largest absolute Gasteiger partial charge is 0.484 e. The Morgan fingerprint density at radius 1 is 1.11 bits per heavy atom. The number of hydrogen-bond acceptors (Lipinski definition) is 5. The zero-order valence-corrected chi connectivity index (χ0v) is 16.5. The zero-order valence-electron chi connectivity index (χ0n) is 15.7. The molecule has 1 aliphatic rings. The van der Waals surface area contributed by atoms with E-state index in [9.17, 15) is 13.2 Å².